The smallest absolute Gasteiger partial charge is 0.328 e. The molecule has 0 unspecified atom stereocenters. The van der Waals surface area contributed by atoms with Gasteiger partial charge in [-0.2, -0.15) is 0 Å². The van der Waals surface area contributed by atoms with Crippen molar-refractivity contribution < 1.29 is 75.0 Å². The highest BCUT2D eigenvalue weighted by molar-refractivity contribution is 5.86. The van der Waals surface area contributed by atoms with Crippen molar-refractivity contribution in [1.29, 1.82) is 0 Å². The lowest BCUT2D eigenvalue weighted by Gasteiger charge is -2.25. The molecule has 42 heavy (non-hydrogen) atoms. The molecule has 0 aliphatic heterocycles. The SMILES string of the molecule is COC(=O)[C@H](CCC(=O)NC[C@H](O)[C@@H](O)[C@H](O)[C@H](O)CO)NC(=O)[C@@H](C)CCC(=O)NC[C@@H](O)[C@H](O)[C@@H](O)[C@@H](O)CO. The van der Waals surface area contributed by atoms with Crippen LogP contribution in [0.3, 0.4) is 0 Å². The van der Waals surface area contributed by atoms with Gasteiger partial charge in [0.05, 0.1) is 32.5 Å². The number of esters is 1. The zero-order valence-electron chi connectivity index (χ0n) is 23.4. The Morgan fingerprint density at radius 2 is 1.02 bits per heavy atom. The van der Waals surface area contributed by atoms with Gasteiger partial charge >= 0.3 is 5.97 Å². The first-order valence-corrected chi connectivity index (χ1v) is 13.2. The molecule has 0 saturated heterocycles. The molecule has 0 bridgehead atoms. The third kappa shape index (κ3) is 14.1. The van der Waals surface area contributed by atoms with Crippen LogP contribution in [0, 0.1) is 5.92 Å². The molecule has 18 nitrogen and oxygen atoms in total. The largest absolute Gasteiger partial charge is 0.467 e. The van der Waals surface area contributed by atoms with Crippen molar-refractivity contribution in [2.24, 2.45) is 5.92 Å². The van der Waals surface area contributed by atoms with E-state index in [-0.39, 0.29) is 25.7 Å². The van der Waals surface area contributed by atoms with Gasteiger partial charge in [-0.05, 0) is 12.8 Å². The number of hydrogen-bond acceptors (Lipinski definition) is 15. The van der Waals surface area contributed by atoms with Crippen LogP contribution >= 0.6 is 0 Å². The summed E-state index contributed by atoms with van der Waals surface area (Å²) in [5, 5.41) is 102. The zero-order chi connectivity index (χ0) is 32.6. The van der Waals surface area contributed by atoms with E-state index in [2.05, 4.69) is 20.7 Å². The molecule has 0 fully saturated rings. The standard InChI is InChI=1S/C24H45N3O15/c1-11(3-5-17(34)25-7-13(30)19(36)21(38)15(32)9-28)23(40)27-12(24(41)42-2)4-6-18(35)26-8-14(31)20(37)22(39)16(33)10-29/h11-16,19-22,28-33,36-39H,3-10H2,1-2H3,(H,25,34)(H,26,35)(H,27,40)/t11-,12-,13+,14-,15-,16+,19-,20+,21-,22+/m0/s1. The lowest BCUT2D eigenvalue weighted by Crippen LogP contribution is -2.50. The third-order valence-electron chi connectivity index (χ3n) is 6.38. The van der Waals surface area contributed by atoms with Crippen molar-refractivity contribution in [3.8, 4) is 0 Å². The van der Waals surface area contributed by atoms with E-state index in [1.54, 1.807) is 0 Å². The van der Waals surface area contributed by atoms with Gasteiger partial charge < -0.3 is 71.8 Å². The molecule has 0 aromatic heterocycles. The summed E-state index contributed by atoms with van der Waals surface area (Å²) >= 11 is 0. The summed E-state index contributed by atoms with van der Waals surface area (Å²) in [6.07, 6.45) is -15.0. The monoisotopic (exact) mass is 615 g/mol. The first kappa shape index (κ1) is 39.5. The number of carbonyl (C=O) groups is 4. The second-order valence-electron chi connectivity index (χ2n) is 9.77. The van der Waals surface area contributed by atoms with Crippen molar-refractivity contribution in [1.82, 2.24) is 16.0 Å². The fourth-order valence-corrected chi connectivity index (χ4v) is 3.44. The zero-order valence-corrected chi connectivity index (χ0v) is 23.4. The van der Waals surface area contributed by atoms with Gasteiger partial charge in [-0.3, -0.25) is 14.4 Å². The van der Waals surface area contributed by atoms with E-state index >= 15 is 0 Å². The summed E-state index contributed by atoms with van der Waals surface area (Å²) in [7, 11) is 1.06. The lowest BCUT2D eigenvalue weighted by atomic mass is 10.0. The fraction of sp³-hybridized carbons (Fsp3) is 0.833. The quantitative estimate of drug-likeness (QED) is 0.0534. The van der Waals surface area contributed by atoms with E-state index < -0.39 is 111 Å². The average molecular weight is 616 g/mol. The number of hydrogen-bond donors (Lipinski definition) is 13. The van der Waals surface area contributed by atoms with Crippen LogP contribution in [0.5, 0.6) is 0 Å². The van der Waals surface area contributed by atoms with Crippen LogP contribution in [0.1, 0.15) is 32.6 Å². The van der Waals surface area contributed by atoms with Gasteiger partial charge in [0.1, 0.15) is 42.7 Å². The van der Waals surface area contributed by atoms with Crippen molar-refractivity contribution in [3.63, 3.8) is 0 Å². The molecule has 18 heteroatoms. The number of amides is 3. The maximum atomic E-state index is 12.6. The number of carbonyl (C=O) groups excluding carboxylic acids is 4. The van der Waals surface area contributed by atoms with Crippen LogP contribution in [-0.4, -0.2) is 163 Å². The van der Waals surface area contributed by atoms with Gasteiger partial charge in [0.25, 0.3) is 0 Å². The van der Waals surface area contributed by atoms with Crippen LogP contribution in [0.2, 0.25) is 0 Å². The number of aliphatic hydroxyl groups excluding tert-OH is 10. The highest BCUT2D eigenvalue weighted by Gasteiger charge is 2.32. The fourth-order valence-electron chi connectivity index (χ4n) is 3.44. The third-order valence-corrected chi connectivity index (χ3v) is 6.38. The average Bonchev–Trinajstić information content (AvgIpc) is 2.99. The highest BCUT2D eigenvalue weighted by atomic mass is 16.5. The molecule has 13 N–H and O–H groups in total. The number of ether oxygens (including phenoxy) is 1. The van der Waals surface area contributed by atoms with E-state index in [0.717, 1.165) is 7.11 Å². The van der Waals surface area contributed by atoms with Gasteiger partial charge in [0.2, 0.25) is 17.7 Å². The van der Waals surface area contributed by atoms with Crippen molar-refractivity contribution in [2.75, 3.05) is 33.4 Å². The molecule has 0 heterocycles. The molecular formula is C24H45N3O15. The molecule has 0 aromatic carbocycles. The Morgan fingerprint density at radius 1 is 0.643 bits per heavy atom. The second kappa shape index (κ2) is 20.4. The maximum absolute atomic E-state index is 12.6. The Morgan fingerprint density at radius 3 is 1.40 bits per heavy atom. The van der Waals surface area contributed by atoms with E-state index in [1.165, 1.54) is 6.92 Å². The summed E-state index contributed by atoms with van der Waals surface area (Å²) in [4.78, 5) is 48.9. The van der Waals surface area contributed by atoms with Crippen LogP contribution in [0.15, 0.2) is 0 Å². The minimum absolute atomic E-state index is 0.00636. The van der Waals surface area contributed by atoms with Gasteiger partial charge in [-0.1, -0.05) is 6.92 Å². The van der Waals surface area contributed by atoms with Gasteiger partial charge in [0.15, 0.2) is 0 Å². The lowest BCUT2D eigenvalue weighted by molar-refractivity contribution is -0.146. The van der Waals surface area contributed by atoms with E-state index in [4.69, 9.17) is 10.2 Å². The molecule has 0 radical (unpaired) electrons. The van der Waals surface area contributed by atoms with Crippen LogP contribution in [-0.2, 0) is 23.9 Å². The number of nitrogens with one attached hydrogen (secondary N) is 3. The van der Waals surface area contributed by atoms with Crippen LogP contribution in [0.25, 0.3) is 0 Å². The number of methoxy groups -OCH3 is 1. The Hall–Kier alpha value is -2.52. The van der Waals surface area contributed by atoms with Crippen molar-refractivity contribution in [2.45, 2.75) is 87.5 Å². The normalized spacial score (nSPS) is 18.7. The maximum Gasteiger partial charge on any atom is 0.328 e. The van der Waals surface area contributed by atoms with Crippen molar-refractivity contribution >= 4 is 23.7 Å². The van der Waals surface area contributed by atoms with Gasteiger partial charge in [0, 0.05) is 31.8 Å². The minimum Gasteiger partial charge on any atom is -0.467 e. The molecular weight excluding hydrogens is 570 g/mol. The first-order valence-electron chi connectivity index (χ1n) is 13.2. The summed E-state index contributed by atoms with van der Waals surface area (Å²) in [5.41, 5.74) is 0. The molecule has 0 saturated carbocycles. The molecule has 0 rings (SSSR count). The number of rotatable bonds is 21. The Kier molecular flexibility index (Phi) is 19.2. The molecule has 246 valence electrons. The summed E-state index contributed by atoms with van der Waals surface area (Å²) in [5.74, 6) is -3.63. The Labute approximate surface area is 241 Å². The second-order valence-corrected chi connectivity index (χ2v) is 9.77. The summed E-state index contributed by atoms with van der Waals surface area (Å²) in [6, 6.07) is -1.25. The minimum atomic E-state index is -1.88. The van der Waals surface area contributed by atoms with Crippen LogP contribution < -0.4 is 16.0 Å². The topological polar surface area (TPSA) is 316 Å². The molecule has 0 aliphatic carbocycles. The molecule has 0 spiro atoms. The summed E-state index contributed by atoms with van der Waals surface area (Å²) < 4.78 is 4.64. The Bertz CT molecular complexity index is 835. The molecule has 0 aliphatic rings. The van der Waals surface area contributed by atoms with Gasteiger partial charge in [-0.15, -0.1) is 0 Å². The predicted octanol–water partition coefficient (Wildman–Crippen LogP) is -7.06. The summed E-state index contributed by atoms with van der Waals surface area (Å²) in [6.45, 7) is -1.30. The molecule has 10 atom stereocenters. The van der Waals surface area contributed by atoms with E-state index in [9.17, 15) is 60.0 Å². The first-order chi connectivity index (χ1) is 19.6. The molecule has 0 aromatic rings. The van der Waals surface area contributed by atoms with E-state index in [0.29, 0.717) is 0 Å². The number of aliphatic hydroxyl groups is 10. The Balaban J connectivity index is 4.71. The van der Waals surface area contributed by atoms with Gasteiger partial charge in [-0.25, -0.2) is 4.79 Å². The predicted molar refractivity (Wildman–Crippen MR) is 140 cm³/mol. The molecule has 3 amide bonds. The highest BCUT2D eigenvalue weighted by Crippen LogP contribution is 2.10. The van der Waals surface area contributed by atoms with E-state index in [1.807, 2.05) is 0 Å². The van der Waals surface area contributed by atoms with Crippen LogP contribution in [0.4, 0.5) is 0 Å². The van der Waals surface area contributed by atoms with Crippen molar-refractivity contribution in [3.05, 3.63) is 0 Å².